The van der Waals surface area contributed by atoms with Crippen LogP contribution in [-0.4, -0.2) is 16.5 Å². The van der Waals surface area contributed by atoms with Gasteiger partial charge in [-0.3, -0.25) is 9.78 Å². The predicted molar refractivity (Wildman–Crippen MR) is 91.2 cm³/mol. The number of nitrogens with zero attached hydrogens (tertiary/aromatic N) is 1. The number of carbonyl (C=O) groups is 1. The van der Waals surface area contributed by atoms with Crippen LogP contribution in [0.4, 0.5) is 0 Å². The summed E-state index contributed by atoms with van der Waals surface area (Å²) >= 11 is 1.72. The summed E-state index contributed by atoms with van der Waals surface area (Å²) in [4.78, 5) is 18.0. The monoisotopic (exact) mass is 303 g/mol. The molecule has 1 aliphatic rings. The zero-order valence-corrected chi connectivity index (χ0v) is 12.6. The number of Topliss-reactive ketones (excluding diaryl/α,β-unsaturated/α-hetero) is 1. The Bertz CT molecular complexity index is 914. The fourth-order valence-electron chi connectivity index (χ4n) is 2.67. The van der Waals surface area contributed by atoms with Gasteiger partial charge in [-0.1, -0.05) is 24.3 Å². The van der Waals surface area contributed by atoms with E-state index < -0.39 is 0 Å². The predicted octanol–water partition coefficient (Wildman–Crippen LogP) is 4.61. The Balaban J connectivity index is 1.74. The first-order chi connectivity index (χ1) is 10.8. The number of rotatable bonds is 1. The summed E-state index contributed by atoms with van der Waals surface area (Å²) in [6.45, 7) is 0. The van der Waals surface area contributed by atoms with Gasteiger partial charge >= 0.3 is 0 Å². The van der Waals surface area contributed by atoms with E-state index >= 15 is 0 Å². The van der Waals surface area contributed by atoms with Crippen molar-refractivity contribution in [3.63, 3.8) is 0 Å². The Labute approximate surface area is 132 Å². The van der Waals surface area contributed by atoms with Crippen molar-refractivity contribution < 1.29 is 4.79 Å². The number of benzene rings is 2. The minimum atomic E-state index is 0.139. The van der Waals surface area contributed by atoms with Gasteiger partial charge in [0.2, 0.25) is 0 Å². The molecule has 2 nitrogen and oxygen atoms in total. The normalized spacial score (nSPS) is 16.0. The zero-order valence-electron chi connectivity index (χ0n) is 11.8. The first-order valence-corrected chi connectivity index (χ1v) is 8.12. The highest BCUT2D eigenvalue weighted by molar-refractivity contribution is 7.99. The van der Waals surface area contributed by atoms with Gasteiger partial charge in [0.25, 0.3) is 0 Å². The van der Waals surface area contributed by atoms with E-state index in [4.69, 9.17) is 0 Å². The lowest BCUT2D eigenvalue weighted by atomic mass is 10.0. The molecule has 0 atom stereocenters. The molecule has 2 heterocycles. The molecule has 0 aliphatic carbocycles. The standard InChI is InChI=1S/C19H13NOS/c21-19-15(12-22-18-6-2-1-5-16(18)19)11-13-7-8-17-14(10-13)4-3-9-20-17/h1-11H,12H2/b15-11+. The number of aromatic nitrogens is 1. The lowest BCUT2D eigenvalue weighted by Gasteiger charge is -2.16. The molecule has 106 valence electrons. The smallest absolute Gasteiger partial charge is 0.191 e. The molecule has 1 aliphatic heterocycles. The summed E-state index contributed by atoms with van der Waals surface area (Å²) < 4.78 is 0. The summed E-state index contributed by atoms with van der Waals surface area (Å²) in [7, 11) is 0. The number of hydrogen-bond donors (Lipinski definition) is 0. The van der Waals surface area contributed by atoms with Crippen molar-refractivity contribution in [1.29, 1.82) is 0 Å². The van der Waals surface area contributed by atoms with Gasteiger partial charge in [-0.15, -0.1) is 11.8 Å². The maximum atomic E-state index is 12.6. The first kappa shape index (κ1) is 13.3. The van der Waals surface area contributed by atoms with E-state index in [9.17, 15) is 4.79 Å². The topological polar surface area (TPSA) is 30.0 Å². The number of hydrogen-bond acceptors (Lipinski definition) is 3. The van der Waals surface area contributed by atoms with Crippen LogP contribution in [0.5, 0.6) is 0 Å². The van der Waals surface area contributed by atoms with E-state index in [0.29, 0.717) is 0 Å². The summed E-state index contributed by atoms with van der Waals surface area (Å²) in [5.74, 6) is 0.863. The van der Waals surface area contributed by atoms with Gasteiger partial charge < -0.3 is 0 Å². The van der Waals surface area contributed by atoms with Gasteiger partial charge in [-0.2, -0.15) is 0 Å². The molecule has 0 saturated heterocycles. The molecule has 0 spiro atoms. The van der Waals surface area contributed by atoms with E-state index in [1.54, 1.807) is 18.0 Å². The molecule has 3 heteroatoms. The van der Waals surface area contributed by atoms with Crippen LogP contribution in [-0.2, 0) is 0 Å². The minimum absolute atomic E-state index is 0.139. The second kappa shape index (κ2) is 5.43. The third kappa shape index (κ3) is 2.34. The molecule has 0 amide bonds. The van der Waals surface area contributed by atoms with Crippen LogP contribution in [0.15, 0.2) is 71.3 Å². The highest BCUT2D eigenvalue weighted by Crippen LogP contribution is 2.33. The molecule has 1 aromatic heterocycles. The van der Waals surface area contributed by atoms with Crippen LogP contribution in [0.2, 0.25) is 0 Å². The van der Waals surface area contributed by atoms with Crippen molar-refractivity contribution in [1.82, 2.24) is 4.98 Å². The minimum Gasteiger partial charge on any atom is -0.289 e. The maximum absolute atomic E-state index is 12.6. The summed E-state index contributed by atoms with van der Waals surface area (Å²) in [6, 6.07) is 17.9. The summed E-state index contributed by atoms with van der Waals surface area (Å²) in [6.07, 6.45) is 3.79. The van der Waals surface area contributed by atoms with Crippen LogP contribution >= 0.6 is 11.8 Å². The molecule has 0 saturated carbocycles. The quantitative estimate of drug-likeness (QED) is 0.615. The average Bonchev–Trinajstić information content (AvgIpc) is 2.57. The fourth-order valence-corrected chi connectivity index (χ4v) is 3.68. The Kier molecular flexibility index (Phi) is 3.28. The Morgan fingerprint density at radius 1 is 1.05 bits per heavy atom. The van der Waals surface area contributed by atoms with Crippen molar-refractivity contribution in [2.75, 3.05) is 5.75 Å². The van der Waals surface area contributed by atoms with Crippen molar-refractivity contribution in [3.05, 3.63) is 77.5 Å². The molecule has 0 N–H and O–H groups in total. The van der Waals surface area contributed by atoms with Crippen molar-refractivity contribution >= 4 is 34.5 Å². The van der Waals surface area contributed by atoms with E-state index in [1.165, 1.54) is 0 Å². The van der Waals surface area contributed by atoms with Gasteiger partial charge in [-0.25, -0.2) is 0 Å². The SMILES string of the molecule is O=C1/C(=C/c2ccc3ncccc3c2)CSc2ccccc21. The Morgan fingerprint density at radius 3 is 2.91 bits per heavy atom. The van der Waals surface area contributed by atoms with E-state index in [2.05, 4.69) is 11.1 Å². The van der Waals surface area contributed by atoms with Gasteiger partial charge in [0.1, 0.15) is 0 Å². The highest BCUT2D eigenvalue weighted by Gasteiger charge is 2.21. The number of ketones is 1. The molecular weight excluding hydrogens is 290 g/mol. The van der Waals surface area contributed by atoms with Crippen molar-refractivity contribution in [2.45, 2.75) is 4.90 Å². The number of thioether (sulfide) groups is 1. The molecule has 22 heavy (non-hydrogen) atoms. The third-order valence-corrected chi connectivity index (χ3v) is 4.90. The van der Waals surface area contributed by atoms with Gasteiger partial charge in [0.05, 0.1) is 5.52 Å². The van der Waals surface area contributed by atoms with E-state index in [0.717, 1.165) is 38.3 Å². The van der Waals surface area contributed by atoms with Crippen LogP contribution < -0.4 is 0 Å². The summed E-state index contributed by atoms with van der Waals surface area (Å²) in [5.41, 5.74) is 3.68. The molecule has 2 aromatic carbocycles. The Morgan fingerprint density at radius 2 is 1.95 bits per heavy atom. The van der Waals surface area contributed by atoms with Crippen LogP contribution in [0.25, 0.3) is 17.0 Å². The lowest BCUT2D eigenvalue weighted by Crippen LogP contribution is -2.11. The van der Waals surface area contributed by atoms with Crippen LogP contribution in [0.1, 0.15) is 15.9 Å². The molecular formula is C19H13NOS. The number of fused-ring (bicyclic) bond motifs is 2. The van der Waals surface area contributed by atoms with E-state index in [1.807, 2.05) is 54.6 Å². The van der Waals surface area contributed by atoms with Crippen LogP contribution in [0, 0.1) is 0 Å². The second-order valence-electron chi connectivity index (χ2n) is 5.24. The van der Waals surface area contributed by atoms with Gasteiger partial charge in [0.15, 0.2) is 5.78 Å². The maximum Gasteiger partial charge on any atom is 0.191 e. The Hall–Kier alpha value is -2.39. The fraction of sp³-hybridized carbons (Fsp3) is 0.0526. The highest BCUT2D eigenvalue weighted by atomic mass is 32.2. The molecule has 4 rings (SSSR count). The van der Waals surface area contributed by atoms with E-state index in [-0.39, 0.29) is 5.78 Å². The van der Waals surface area contributed by atoms with Crippen LogP contribution in [0.3, 0.4) is 0 Å². The lowest BCUT2D eigenvalue weighted by molar-refractivity contribution is 0.103. The number of pyridine rings is 1. The molecule has 3 aromatic rings. The average molecular weight is 303 g/mol. The van der Waals surface area contributed by atoms with Crippen molar-refractivity contribution in [3.8, 4) is 0 Å². The van der Waals surface area contributed by atoms with Crippen molar-refractivity contribution in [2.24, 2.45) is 0 Å². The molecule has 0 bridgehead atoms. The summed E-state index contributed by atoms with van der Waals surface area (Å²) in [5, 5.41) is 1.09. The molecule has 0 fully saturated rings. The largest absolute Gasteiger partial charge is 0.289 e. The second-order valence-corrected chi connectivity index (χ2v) is 6.26. The molecule has 0 radical (unpaired) electrons. The number of carbonyl (C=O) groups excluding carboxylic acids is 1. The first-order valence-electron chi connectivity index (χ1n) is 7.13. The third-order valence-electron chi connectivity index (χ3n) is 3.77. The zero-order chi connectivity index (χ0) is 14.9. The van der Waals surface area contributed by atoms with Gasteiger partial charge in [0, 0.05) is 33.4 Å². The van der Waals surface area contributed by atoms with Gasteiger partial charge in [-0.05, 0) is 42.0 Å². The molecule has 0 unspecified atom stereocenters.